The van der Waals surface area contributed by atoms with Crippen LogP contribution in [0.25, 0.3) is 28.0 Å². The highest BCUT2D eigenvalue weighted by Gasteiger charge is 2.23. The zero-order valence-corrected chi connectivity index (χ0v) is 19.4. The minimum absolute atomic E-state index is 0.145. The van der Waals surface area contributed by atoms with Gasteiger partial charge in [0.2, 0.25) is 5.91 Å². The molecule has 4 aromatic rings. The smallest absolute Gasteiger partial charge is 0.219 e. The molecule has 33 heavy (non-hydrogen) atoms. The van der Waals surface area contributed by atoms with Crippen LogP contribution >= 0.6 is 0 Å². The monoisotopic (exact) mass is 446 g/mol. The molecule has 1 amide bonds. The van der Waals surface area contributed by atoms with Crippen LogP contribution in [0.3, 0.4) is 0 Å². The van der Waals surface area contributed by atoms with Crippen molar-refractivity contribution in [2.45, 2.75) is 58.5 Å². The summed E-state index contributed by atoms with van der Waals surface area (Å²) in [4.78, 5) is 18.5. The first-order chi connectivity index (χ1) is 16.1. The molecule has 0 unspecified atom stereocenters. The number of likely N-dealkylation sites (tertiary alicyclic amines) is 1. The molecule has 1 fully saturated rings. The highest BCUT2D eigenvalue weighted by molar-refractivity contribution is 5.78. The minimum Gasteiger partial charge on any atom is -0.343 e. The van der Waals surface area contributed by atoms with E-state index in [4.69, 9.17) is 4.98 Å². The average Bonchev–Trinajstić information content (AvgIpc) is 3.60. The Kier molecular flexibility index (Phi) is 5.70. The van der Waals surface area contributed by atoms with E-state index in [2.05, 4.69) is 41.5 Å². The molecule has 1 aliphatic rings. The van der Waals surface area contributed by atoms with Crippen molar-refractivity contribution in [3.8, 4) is 22.5 Å². The van der Waals surface area contributed by atoms with E-state index in [1.165, 1.54) is 0 Å². The lowest BCUT2D eigenvalue weighted by atomic mass is 10.1. The molecule has 5 heterocycles. The molecule has 0 N–H and O–H groups in total. The maximum Gasteiger partial charge on any atom is 0.219 e. The van der Waals surface area contributed by atoms with Gasteiger partial charge in [0.15, 0.2) is 0 Å². The van der Waals surface area contributed by atoms with Crippen molar-refractivity contribution in [1.29, 1.82) is 0 Å². The summed E-state index contributed by atoms with van der Waals surface area (Å²) in [6.07, 6.45) is 15.5. The third kappa shape index (κ3) is 4.03. The zero-order valence-electron chi connectivity index (χ0n) is 19.4. The summed E-state index contributed by atoms with van der Waals surface area (Å²) in [6.45, 7) is 7.56. The van der Waals surface area contributed by atoms with E-state index in [0.717, 1.165) is 66.8 Å². The molecule has 0 atom stereocenters. The Morgan fingerprint density at radius 1 is 1.03 bits per heavy atom. The van der Waals surface area contributed by atoms with Gasteiger partial charge >= 0.3 is 0 Å². The molecule has 0 radical (unpaired) electrons. The highest BCUT2D eigenvalue weighted by Crippen LogP contribution is 2.29. The second-order valence-corrected chi connectivity index (χ2v) is 8.76. The van der Waals surface area contributed by atoms with E-state index >= 15 is 0 Å². The topological polar surface area (TPSA) is 86.1 Å². The number of rotatable bonds is 6. The Balaban J connectivity index is 1.45. The Labute approximate surface area is 193 Å². The SMILES string of the molecule is CCC(CC)n1cc(-c2nc(-c3cnn(C4CCN(C(C)=O)CC4)c3)cn3nccc23)cn1. The van der Waals surface area contributed by atoms with E-state index in [1.54, 1.807) is 13.1 Å². The van der Waals surface area contributed by atoms with Crippen molar-refractivity contribution in [1.82, 2.24) is 39.1 Å². The third-order valence-electron chi connectivity index (χ3n) is 6.76. The fourth-order valence-electron chi connectivity index (χ4n) is 4.72. The van der Waals surface area contributed by atoms with Gasteiger partial charge in [-0.15, -0.1) is 0 Å². The van der Waals surface area contributed by atoms with Gasteiger partial charge in [0.05, 0.1) is 53.8 Å². The summed E-state index contributed by atoms with van der Waals surface area (Å²) in [5.41, 5.74) is 4.58. The van der Waals surface area contributed by atoms with Crippen LogP contribution in [-0.2, 0) is 4.79 Å². The van der Waals surface area contributed by atoms with E-state index in [-0.39, 0.29) is 5.91 Å². The molecule has 0 saturated carbocycles. The first-order valence-corrected chi connectivity index (χ1v) is 11.8. The van der Waals surface area contributed by atoms with Gasteiger partial charge in [0, 0.05) is 43.5 Å². The summed E-state index contributed by atoms with van der Waals surface area (Å²) >= 11 is 0. The lowest BCUT2D eigenvalue weighted by Gasteiger charge is -2.31. The van der Waals surface area contributed by atoms with Gasteiger partial charge in [-0.05, 0) is 31.7 Å². The van der Waals surface area contributed by atoms with Crippen LogP contribution in [0, 0.1) is 0 Å². The number of fused-ring (bicyclic) bond motifs is 1. The van der Waals surface area contributed by atoms with Crippen LogP contribution in [0.1, 0.15) is 58.5 Å². The van der Waals surface area contributed by atoms with Crippen LogP contribution in [0.5, 0.6) is 0 Å². The minimum atomic E-state index is 0.145. The Bertz CT molecular complexity index is 1260. The third-order valence-corrected chi connectivity index (χ3v) is 6.76. The van der Waals surface area contributed by atoms with Crippen molar-refractivity contribution in [2.75, 3.05) is 13.1 Å². The Morgan fingerprint density at radius 2 is 1.79 bits per heavy atom. The van der Waals surface area contributed by atoms with Crippen molar-refractivity contribution in [2.24, 2.45) is 0 Å². The van der Waals surface area contributed by atoms with Gasteiger partial charge in [-0.3, -0.25) is 14.2 Å². The number of piperidine rings is 1. The first kappa shape index (κ1) is 21.4. The number of carbonyl (C=O) groups is 1. The first-order valence-electron chi connectivity index (χ1n) is 11.8. The molecule has 0 spiro atoms. The van der Waals surface area contributed by atoms with Gasteiger partial charge in [-0.2, -0.15) is 15.3 Å². The summed E-state index contributed by atoms with van der Waals surface area (Å²) in [5.74, 6) is 0.145. The molecular formula is C24H30N8O. The predicted molar refractivity (Wildman–Crippen MR) is 126 cm³/mol. The van der Waals surface area contributed by atoms with Crippen LogP contribution in [0.15, 0.2) is 43.2 Å². The van der Waals surface area contributed by atoms with Crippen molar-refractivity contribution >= 4 is 11.4 Å². The maximum absolute atomic E-state index is 11.6. The Hall–Kier alpha value is -3.49. The van der Waals surface area contributed by atoms with E-state index < -0.39 is 0 Å². The quantitative estimate of drug-likeness (QED) is 0.447. The number of nitrogens with zero attached hydrogens (tertiary/aromatic N) is 8. The molecule has 0 bridgehead atoms. The number of aromatic nitrogens is 7. The second-order valence-electron chi connectivity index (χ2n) is 8.76. The fourth-order valence-corrected chi connectivity index (χ4v) is 4.72. The zero-order chi connectivity index (χ0) is 22.9. The normalized spacial score (nSPS) is 15.1. The van der Waals surface area contributed by atoms with Gasteiger partial charge in [-0.25, -0.2) is 9.50 Å². The lowest BCUT2D eigenvalue weighted by Crippen LogP contribution is -2.37. The summed E-state index contributed by atoms with van der Waals surface area (Å²) in [5, 5.41) is 13.7. The maximum atomic E-state index is 11.6. The summed E-state index contributed by atoms with van der Waals surface area (Å²) < 4.78 is 5.93. The number of amides is 1. The summed E-state index contributed by atoms with van der Waals surface area (Å²) in [7, 11) is 0. The fraction of sp³-hybridized carbons (Fsp3) is 0.458. The van der Waals surface area contributed by atoms with Gasteiger partial charge < -0.3 is 4.90 Å². The Morgan fingerprint density at radius 3 is 2.52 bits per heavy atom. The average molecular weight is 447 g/mol. The second kappa shape index (κ2) is 8.80. The molecule has 1 saturated heterocycles. The summed E-state index contributed by atoms with van der Waals surface area (Å²) in [6, 6.07) is 2.66. The van der Waals surface area contributed by atoms with Gasteiger partial charge in [0.1, 0.15) is 0 Å². The lowest BCUT2D eigenvalue weighted by molar-refractivity contribution is -0.130. The molecule has 0 aromatic carbocycles. The van der Waals surface area contributed by atoms with Crippen LogP contribution in [0.2, 0.25) is 0 Å². The number of hydrogen-bond donors (Lipinski definition) is 0. The molecule has 4 aromatic heterocycles. The molecule has 5 rings (SSSR count). The van der Waals surface area contributed by atoms with Crippen molar-refractivity contribution < 1.29 is 4.79 Å². The van der Waals surface area contributed by atoms with E-state index in [9.17, 15) is 4.79 Å². The van der Waals surface area contributed by atoms with Crippen molar-refractivity contribution in [3.63, 3.8) is 0 Å². The highest BCUT2D eigenvalue weighted by atomic mass is 16.2. The van der Waals surface area contributed by atoms with E-state index in [1.807, 2.05) is 43.4 Å². The number of carbonyl (C=O) groups excluding carboxylic acids is 1. The number of hydrogen-bond acceptors (Lipinski definition) is 5. The van der Waals surface area contributed by atoms with Gasteiger partial charge in [-0.1, -0.05) is 13.8 Å². The van der Waals surface area contributed by atoms with Crippen LogP contribution < -0.4 is 0 Å². The standard InChI is InChI=1S/C24H30N8O/c1-4-20(5-2)30-15-19(13-27-30)24-23-6-9-25-32(23)16-22(28-24)18-12-26-31(14-18)21-7-10-29(11-8-21)17(3)33/h6,9,12-16,20-21H,4-5,7-8,10-11H2,1-3H3. The predicted octanol–water partition coefficient (Wildman–Crippen LogP) is 4.00. The van der Waals surface area contributed by atoms with E-state index in [0.29, 0.717) is 12.1 Å². The largest absolute Gasteiger partial charge is 0.343 e. The van der Waals surface area contributed by atoms with Crippen molar-refractivity contribution in [3.05, 3.63) is 43.2 Å². The molecular weight excluding hydrogens is 416 g/mol. The van der Waals surface area contributed by atoms with Crippen LogP contribution in [0.4, 0.5) is 0 Å². The molecule has 172 valence electrons. The van der Waals surface area contributed by atoms with Gasteiger partial charge in [0.25, 0.3) is 0 Å². The van der Waals surface area contributed by atoms with Crippen LogP contribution in [-0.4, -0.2) is 58.1 Å². The molecule has 9 nitrogen and oxygen atoms in total. The molecule has 9 heteroatoms. The molecule has 0 aliphatic carbocycles. The molecule has 1 aliphatic heterocycles.